The lowest BCUT2D eigenvalue weighted by molar-refractivity contribution is 0.0694. The van der Waals surface area contributed by atoms with Gasteiger partial charge in [0.05, 0.1) is 33.3 Å². The van der Waals surface area contributed by atoms with Crippen LogP contribution < -0.4 is 21.7 Å². The molecule has 3 aliphatic carbocycles. The smallest absolute Gasteiger partial charge is 0.341 e. The van der Waals surface area contributed by atoms with Gasteiger partial charge < -0.3 is 20.5 Å². The Balaban J connectivity index is 1.80. The number of carboxylic acids is 1. The van der Waals surface area contributed by atoms with E-state index < -0.39 is 35.2 Å². The SMILES string of the molecule is NC1=c2c(=O)c(C(=O)O)cn(C3CC3)c2=C(Cl)C(c2cc3c(s2)CCCC3O)C1F. The quantitative estimate of drug-likeness (QED) is 0.662. The van der Waals surface area contributed by atoms with E-state index in [0.29, 0.717) is 16.6 Å². The van der Waals surface area contributed by atoms with Gasteiger partial charge in [0, 0.05) is 22.0 Å². The lowest BCUT2D eigenvalue weighted by atomic mass is 9.90. The predicted molar refractivity (Wildman–Crippen MR) is 112 cm³/mol. The molecule has 5 rings (SSSR count). The molecular formula is C21H20ClFN2O4S. The van der Waals surface area contributed by atoms with E-state index in [-0.39, 0.29) is 22.0 Å². The van der Waals surface area contributed by atoms with Crippen LogP contribution in [0.1, 0.15) is 69.4 Å². The fourth-order valence-electron chi connectivity index (χ4n) is 4.51. The molecule has 0 amide bonds. The standard InChI is InChI=1S/C21H20ClFN2O4S/c22-16-14(13-6-9-11(26)2-1-3-12(9)30-13)17(23)18(24)15-19(16)25(8-4-5-8)7-10(20(15)27)21(28)29/h6-8,11,14,17,26H,1-5,24H2,(H,28,29). The summed E-state index contributed by atoms with van der Waals surface area (Å²) < 4.78 is 17.2. The van der Waals surface area contributed by atoms with E-state index in [1.165, 1.54) is 17.5 Å². The topological polar surface area (TPSA) is 106 Å². The molecule has 0 aromatic carbocycles. The van der Waals surface area contributed by atoms with Gasteiger partial charge in [0.15, 0.2) is 6.17 Å². The summed E-state index contributed by atoms with van der Waals surface area (Å²) in [4.78, 5) is 26.1. The van der Waals surface area contributed by atoms with E-state index >= 15 is 4.39 Å². The Morgan fingerprint density at radius 2 is 2.07 bits per heavy atom. The Morgan fingerprint density at radius 3 is 2.70 bits per heavy atom. The molecule has 6 nitrogen and oxygen atoms in total. The van der Waals surface area contributed by atoms with Gasteiger partial charge in [-0.25, -0.2) is 9.18 Å². The van der Waals surface area contributed by atoms with Crippen molar-refractivity contribution in [1.82, 2.24) is 4.57 Å². The minimum Gasteiger partial charge on any atom is -0.477 e. The Kier molecular flexibility index (Phi) is 4.57. The van der Waals surface area contributed by atoms with Crippen LogP contribution in [0.5, 0.6) is 0 Å². The highest BCUT2D eigenvalue weighted by Crippen LogP contribution is 2.44. The highest BCUT2D eigenvalue weighted by atomic mass is 35.5. The molecule has 0 bridgehead atoms. The van der Waals surface area contributed by atoms with Crippen molar-refractivity contribution in [3.05, 3.63) is 53.9 Å². The first kappa shape index (κ1) is 19.8. The van der Waals surface area contributed by atoms with Crippen molar-refractivity contribution < 1.29 is 19.4 Å². The molecule has 158 valence electrons. The van der Waals surface area contributed by atoms with Crippen LogP contribution in [0.2, 0.25) is 0 Å². The number of rotatable bonds is 3. The van der Waals surface area contributed by atoms with E-state index in [9.17, 15) is 19.8 Å². The zero-order valence-corrected chi connectivity index (χ0v) is 17.5. The highest BCUT2D eigenvalue weighted by molar-refractivity contribution is 7.12. The molecule has 9 heteroatoms. The molecule has 0 radical (unpaired) electrons. The molecule has 1 fully saturated rings. The number of nitrogens with zero attached hydrogens (tertiary/aromatic N) is 1. The number of carbonyl (C=O) groups is 1. The number of fused-ring (bicyclic) bond motifs is 2. The summed E-state index contributed by atoms with van der Waals surface area (Å²) in [7, 11) is 0. The Hall–Kier alpha value is -2.16. The van der Waals surface area contributed by atoms with Gasteiger partial charge in [-0.15, -0.1) is 11.3 Å². The molecule has 3 atom stereocenters. The largest absolute Gasteiger partial charge is 0.477 e. The lowest BCUT2D eigenvalue weighted by Crippen LogP contribution is -2.55. The number of nitrogens with two attached hydrogens (primary N) is 1. The Labute approximate surface area is 179 Å². The highest BCUT2D eigenvalue weighted by Gasteiger charge is 2.38. The van der Waals surface area contributed by atoms with Crippen molar-refractivity contribution in [3.63, 3.8) is 0 Å². The number of aliphatic hydroxyl groups is 1. The third kappa shape index (κ3) is 2.85. The fourth-order valence-corrected chi connectivity index (χ4v) is 6.38. The van der Waals surface area contributed by atoms with Gasteiger partial charge in [-0.3, -0.25) is 4.79 Å². The Morgan fingerprint density at radius 1 is 1.33 bits per heavy atom. The maximum absolute atomic E-state index is 15.6. The van der Waals surface area contributed by atoms with Gasteiger partial charge in [-0.05, 0) is 43.7 Å². The van der Waals surface area contributed by atoms with E-state index in [4.69, 9.17) is 17.3 Å². The molecule has 0 spiro atoms. The van der Waals surface area contributed by atoms with Crippen molar-refractivity contribution >= 4 is 39.6 Å². The molecule has 3 unspecified atom stereocenters. The van der Waals surface area contributed by atoms with Crippen molar-refractivity contribution in [2.75, 3.05) is 0 Å². The zero-order valence-electron chi connectivity index (χ0n) is 15.9. The van der Waals surface area contributed by atoms with Crippen LogP contribution in [0.15, 0.2) is 17.1 Å². The van der Waals surface area contributed by atoms with Crippen LogP contribution in [-0.2, 0) is 6.42 Å². The molecular weight excluding hydrogens is 431 g/mol. The van der Waals surface area contributed by atoms with Crippen LogP contribution in [0.4, 0.5) is 4.39 Å². The van der Waals surface area contributed by atoms with Gasteiger partial charge >= 0.3 is 5.97 Å². The lowest BCUT2D eigenvalue weighted by Gasteiger charge is -2.26. The normalized spacial score (nSPS) is 25.8. The second kappa shape index (κ2) is 6.93. The molecule has 2 aromatic heterocycles. The maximum Gasteiger partial charge on any atom is 0.341 e. The Bertz CT molecular complexity index is 1260. The first-order valence-electron chi connectivity index (χ1n) is 9.92. The second-order valence-corrected chi connectivity index (χ2v) is 9.73. The van der Waals surface area contributed by atoms with E-state index in [0.717, 1.165) is 36.1 Å². The molecule has 0 aliphatic heterocycles. The number of hydrogen-bond donors (Lipinski definition) is 3. The monoisotopic (exact) mass is 450 g/mol. The molecule has 3 aliphatic rings. The van der Waals surface area contributed by atoms with Gasteiger partial charge in [0.25, 0.3) is 0 Å². The van der Waals surface area contributed by atoms with Crippen molar-refractivity contribution in [1.29, 1.82) is 0 Å². The minimum atomic E-state index is -1.76. The molecule has 30 heavy (non-hydrogen) atoms. The van der Waals surface area contributed by atoms with Gasteiger partial charge in [0.1, 0.15) is 5.56 Å². The van der Waals surface area contributed by atoms with E-state index in [2.05, 4.69) is 0 Å². The average Bonchev–Trinajstić information content (AvgIpc) is 3.45. The first-order valence-corrected chi connectivity index (χ1v) is 11.1. The number of aromatic carboxylic acids is 1. The van der Waals surface area contributed by atoms with E-state index in [1.807, 2.05) is 0 Å². The third-order valence-corrected chi connectivity index (χ3v) is 7.90. The number of aliphatic hydroxyl groups excluding tert-OH is 1. The first-order chi connectivity index (χ1) is 14.3. The zero-order chi connectivity index (χ0) is 21.3. The summed E-state index contributed by atoms with van der Waals surface area (Å²) >= 11 is 8.15. The average molecular weight is 451 g/mol. The number of aryl methyl sites for hydroxylation is 1. The summed E-state index contributed by atoms with van der Waals surface area (Å²) in [6, 6.07) is 1.81. The van der Waals surface area contributed by atoms with Gasteiger partial charge in [-0.2, -0.15) is 0 Å². The van der Waals surface area contributed by atoms with Crippen LogP contribution in [0.3, 0.4) is 0 Å². The number of thiophene rings is 1. The van der Waals surface area contributed by atoms with Crippen LogP contribution in [-0.4, -0.2) is 26.9 Å². The third-order valence-electron chi connectivity index (χ3n) is 6.19. The van der Waals surface area contributed by atoms with Crippen molar-refractivity contribution in [2.45, 2.75) is 56.3 Å². The number of pyridine rings is 1. The number of aromatic nitrogens is 1. The minimum absolute atomic E-state index is 0.00850. The number of alkyl halides is 1. The molecule has 2 heterocycles. The van der Waals surface area contributed by atoms with Crippen LogP contribution in [0.25, 0.3) is 10.7 Å². The van der Waals surface area contributed by atoms with Gasteiger partial charge in [0.2, 0.25) is 5.43 Å². The predicted octanol–water partition coefficient (Wildman–Crippen LogP) is 1.86. The molecule has 4 N–H and O–H groups in total. The number of hydrogen-bond acceptors (Lipinski definition) is 5. The maximum atomic E-state index is 15.6. The van der Waals surface area contributed by atoms with Crippen LogP contribution in [0, 0.1) is 0 Å². The molecule has 2 aromatic rings. The second-order valence-electron chi connectivity index (χ2n) is 8.16. The molecule has 0 saturated heterocycles. The summed E-state index contributed by atoms with van der Waals surface area (Å²) in [5.41, 5.74) is 5.38. The van der Waals surface area contributed by atoms with Crippen LogP contribution >= 0.6 is 22.9 Å². The number of halogens is 2. The summed E-state index contributed by atoms with van der Waals surface area (Å²) in [6.45, 7) is 0. The van der Waals surface area contributed by atoms with E-state index in [1.54, 1.807) is 10.6 Å². The summed E-state index contributed by atoms with van der Waals surface area (Å²) in [6.07, 6.45) is 2.97. The summed E-state index contributed by atoms with van der Waals surface area (Å²) in [5.74, 6) is -2.26. The van der Waals surface area contributed by atoms with Crippen molar-refractivity contribution in [2.24, 2.45) is 5.73 Å². The van der Waals surface area contributed by atoms with Crippen molar-refractivity contribution in [3.8, 4) is 0 Å². The fraction of sp³-hybridized carbons (Fsp3) is 0.429. The number of carboxylic acid groups (broad SMARTS) is 1. The molecule has 1 saturated carbocycles. The van der Waals surface area contributed by atoms with Gasteiger partial charge in [-0.1, -0.05) is 11.6 Å². The summed E-state index contributed by atoms with van der Waals surface area (Å²) in [5, 5.41) is 20.1.